The van der Waals surface area contributed by atoms with Crippen LogP contribution in [-0.2, 0) is 40.6 Å². The third-order valence-electron chi connectivity index (χ3n) is 13.4. The van der Waals surface area contributed by atoms with E-state index in [-0.39, 0.29) is 31.2 Å². The number of imide groups is 1. The van der Waals surface area contributed by atoms with Gasteiger partial charge in [-0.2, -0.15) is 0 Å². The van der Waals surface area contributed by atoms with Crippen molar-refractivity contribution < 1.29 is 48.2 Å². The molecule has 0 saturated carbocycles. The maximum absolute atomic E-state index is 16.3. The number of nitro groups is 1. The average Bonchev–Trinajstić information content (AvgIpc) is 3.85. The Morgan fingerprint density at radius 1 is 0.768 bits per heavy atom. The van der Waals surface area contributed by atoms with Crippen LogP contribution < -0.4 is 19.9 Å². The maximum Gasteiger partial charge on any atom is 0.421 e. The largest absolute Gasteiger partial charge is 0.491 e. The van der Waals surface area contributed by atoms with Crippen molar-refractivity contribution in [3.63, 3.8) is 0 Å². The zero-order valence-corrected chi connectivity index (χ0v) is 37.2. The molecule has 0 bridgehead atoms. The number of amides is 3. The van der Waals surface area contributed by atoms with Gasteiger partial charge >= 0.3 is 12.1 Å². The first-order chi connectivity index (χ1) is 33.7. The normalized spacial score (nSPS) is 22.9. The number of benzene rings is 6. The van der Waals surface area contributed by atoms with Gasteiger partial charge in [0, 0.05) is 36.6 Å². The van der Waals surface area contributed by atoms with Crippen molar-refractivity contribution in [3.8, 4) is 5.75 Å². The van der Waals surface area contributed by atoms with E-state index in [1.807, 2.05) is 77.7 Å². The second-order valence-corrected chi connectivity index (χ2v) is 17.2. The Bertz CT molecular complexity index is 2860. The number of fused-ring (bicyclic) bond motifs is 3. The average molecular weight is 930 g/mol. The Kier molecular flexibility index (Phi) is 12.4. The van der Waals surface area contributed by atoms with Crippen LogP contribution in [0.25, 0.3) is 0 Å². The first-order valence-corrected chi connectivity index (χ1v) is 22.7. The highest BCUT2D eigenvalue weighted by Crippen LogP contribution is 2.66. The highest BCUT2D eigenvalue weighted by atomic mass is 16.6. The van der Waals surface area contributed by atoms with Crippen LogP contribution in [0, 0.1) is 16.0 Å². The van der Waals surface area contributed by atoms with Crippen LogP contribution in [0.5, 0.6) is 5.75 Å². The Morgan fingerprint density at radius 3 is 2.09 bits per heavy atom. The van der Waals surface area contributed by atoms with Gasteiger partial charge in [0.25, 0.3) is 5.69 Å². The smallest absolute Gasteiger partial charge is 0.421 e. The van der Waals surface area contributed by atoms with Crippen molar-refractivity contribution in [1.29, 1.82) is 0 Å². The summed E-state index contributed by atoms with van der Waals surface area (Å²) >= 11 is 0. The zero-order valence-electron chi connectivity index (χ0n) is 37.2. The molecule has 4 heterocycles. The number of rotatable bonds is 12. The van der Waals surface area contributed by atoms with E-state index in [1.165, 1.54) is 24.3 Å². The fourth-order valence-corrected chi connectivity index (χ4v) is 10.5. The summed E-state index contributed by atoms with van der Waals surface area (Å²) in [5.74, 6) is -3.33. The molecular weight excluding hydrogens is 883 g/mol. The standard InChI is InChI=1S/C53H47N5O11/c59-29-32-67-41-25-17-37(18-26-41)48-53(42-13-7-8-14-43(42)56(51(53)62)52(63)68-33-34-15-21-40(22-16-34)58(64)65)44(49(60)54-38-19-23-39(24-20-38)55-27-30-66-31-28-55)46-50(61)69-47(36-11-5-2-6-12-36)45(57(46)48)35-9-3-1-4-10-35/h1-26,44-48,59H,27-33H2,(H,54,60)/t44-,45-,46-,47+,48+,53-/m1/s1. The predicted molar refractivity (Wildman–Crippen MR) is 252 cm³/mol. The first-order valence-electron chi connectivity index (χ1n) is 22.7. The van der Waals surface area contributed by atoms with E-state index >= 15 is 14.4 Å². The molecule has 3 saturated heterocycles. The van der Waals surface area contributed by atoms with E-state index < -0.39 is 64.4 Å². The molecule has 16 nitrogen and oxygen atoms in total. The summed E-state index contributed by atoms with van der Waals surface area (Å²) in [6.07, 6.45) is -1.98. The number of aliphatic hydroxyl groups excluding tert-OH is 1. The molecule has 16 heteroatoms. The summed E-state index contributed by atoms with van der Waals surface area (Å²) in [6, 6.07) is 41.9. The topological polar surface area (TPSA) is 190 Å². The number of esters is 1. The van der Waals surface area contributed by atoms with Gasteiger partial charge in [-0.25, -0.2) is 9.69 Å². The zero-order chi connectivity index (χ0) is 47.6. The number of hydrogen-bond donors (Lipinski definition) is 2. The number of nitro benzene ring substituents is 1. The number of para-hydroxylation sites is 1. The lowest BCUT2D eigenvalue weighted by Crippen LogP contribution is -2.54. The molecule has 6 aromatic carbocycles. The number of nitrogens with one attached hydrogen (secondary N) is 1. The highest BCUT2D eigenvalue weighted by Gasteiger charge is 2.75. The molecule has 0 aliphatic carbocycles. The van der Waals surface area contributed by atoms with Crippen LogP contribution in [0.4, 0.5) is 27.5 Å². The number of anilines is 3. The molecule has 4 aliphatic heterocycles. The summed E-state index contributed by atoms with van der Waals surface area (Å²) < 4.78 is 23.7. The Balaban J connectivity index is 1.16. The lowest BCUT2D eigenvalue weighted by Gasteiger charge is -2.46. The van der Waals surface area contributed by atoms with E-state index in [2.05, 4.69) is 10.2 Å². The van der Waals surface area contributed by atoms with E-state index in [1.54, 1.807) is 60.7 Å². The van der Waals surface area contributed by atoms with Gasteiger partial charge in [-0.05, 0) is 82.4 Å². The molecule has 10 rings (SSSR count). The van der Waals surface area contributed by atoms with E-state index in [0.29, 0.717) is 60.0 Å². The first kappa shape index (κ1) is 44.9. The van der Waals surface area contributed by atoms with E-state index in [9.17, 15) is 20.0 Å². The van der Waals surface area contributed by atoms with Crippen molar-refractivity contribution in [2.24, 2.45) is 5.92 Å². The fourth-order valence-electron chi connectivity index (χ4n) is 10.5. The van der Waals surface area contributed by atoms with Crippen molar-refractivity contribution in [3.05, 3.63) is 196 Å². The summed E-state index contributed by atoms with van der Waals surface area (Å²) in [7, 11) is 0. The van der Waals surface area contributed by atoms with Gasteiger partial charge < -0.3 is 34.3 Å². The molecule has 350 valence electrons. The van der Waals surface area contributed by atoms with Gasteiger partial charge in [0.1, 0.15) is 36.5 Å². The molecular formula is C53H47N5O11. The van der Waals surface area contributed by atoms with Crippen LogP contribution in [0.15, 0.2) is 158 Å². The van der Waals surface area contributed by atoms with E-state index in [0.717, 1.165) is 16.2 Å². The lowest BCUT2D eigenvalue weighted by atomic mass is 9.65. The number of aliphatic hydroxyl groups is 1. The number of hydrogen-bond acceptors (Lipinski definition) is 13. The quantitative estimate of drug-likeness (QED) is 0.0700. The van der Waals surface area contributed by atoms with E-state index in [4.69, 9.17) is 18.9 Å². The van der Waals surface area contributed by atoms with Crippen molar-refractivity contribution >= 4 is 46.6 Å². The molecule has 3 fully saturated rings. The second-order valence-electron chi connectivity index (χ2n) is 17.2. The van der Waals surface area contributed by atoms with Crippen LogP contribution >= 0.6 is 0 Å². The molecule has 3 amide bonds. The number of morpholine rings is 2. The minimum Gasteiger partial charge on any atom is -0.491 e. The van der Waals surface area contributed by atoms with Gasteiger partial charge in [0.05, 0.1) is 48.4 Å². The molecule has 69 heavy (non-hydrogen) atoms. The lowest BCUT2D eigenvalue weighted by molar-refractivity contribution is -0.384. The number of nitrogens with zero attached hydrogens (tertiary/aromatic N) is 4. The third kappa shape index (κ3) is 8.11. The van der Waals surface area contributed by atoms with Gasteiger partial charge in [-0.1, -0.05) is 91.0 Å². The maximum atomic E-state index is 16.3. The minimum atomic E-state index is -2.02. The van der Waals surface area contributed by atoms with Crippen LogP contribution in [0.3, 0.4) is 0 Å². The van der Waals surface area contributed by atoms with Gasteiger partial charge in [0.15, 0.2) is 0 Å². The van der Waals surface area contributed by atoms with Crippen molar-refractivity contribution in [2.75, 3.05) is 54.6 Å². The van der Waals surface area contributed by atoms with Gasteiger partial charge in [0.2, 0.25) is 11.8 Å². The number of carbonyl (C=O) groups is 4. The van der Waals surface area contributed by atoms with Crippen LogP contribution in [-0.4, -0.2) is 84.4 Å². The number of ether oxygens (including phenoxy) is 4. The molecule has 4 aliphatic rings. The monoisotopic (exact) mass is 929 g/mol. The summed E-state index contributed by atoms with van der Waals surface area (Å²) in [5, 5.41) is 24.0. The van der Waals surface area contributed by atoms with Gasteiger partial charge in [-0.15, -0.1) is 0 Å². The van der Waals surface area contributed by atoms with Crippen molar-refractivity contribution in [2.45, 2.75) is 36.3 Å². The summed E-state index contributed by atoms with van der Waals surface area (Å²) in [4.78, 5) is 77.9. The molecule has 0 aromatic heterocycles. The predicted octanol–water partition coefficient (Wildman–Crippen LogP) is 7.44. The van der Waals surface area contributed by atoms with Gasteiger partial charge in [-0.3, -0.25) is 29.4 Å². The summed E-state index contributed by atoms with van der Waals surface area (Å²) in [6.45, 7) is 2.04. The van der Waals surface area contributed by atoms with Crippen LogP contribution in [0.1, 0.15) is 46.0 Å². The summed E-state index contributed by atoms with van der Waals surface area (Å²) in [5.41, 5.74) is 2.02. The molecule has 6 atom stereocenters. The molecule has 2 N–H and O–H groups in total. The minimum absolute atomic E-state index is 0.0278. The molecule has 6 aromatic rings. The molecule has 1 spiro atoms. The highest BCUT2D eigenvalue weighted by molar-refractivity contribution is 6.24. The Labute approximate surface area is 396 Å². The molecule has 0 radical (unpaired) electrons. The van der Waals surface area contributed by atoms with Crippen molar-refractivity contribution in [1.82, 2.24) is 4.90 Å². The fraction of sp³-hybridized carbons (Fsp3) is 0.245. The van der Waals surface area contributed by atoms with Crippen LogP contribution in [0.2, 0.25) is 0 Å². The number of cyclic esters (lactones) is 1. The Hall–Kier alpha value is -7.92. The third-order valence-corrected chi connectivity index (χ3v) is 13.4. The SMILES string of the molecule is O=C1O[C@@H](c2ccccc2)[C@@H](c2ccccc2)N2[C@@H](c3ccc(OCCO)cc3)[C@]3(C(=O)N(C(=O)OCc4ccc([N+](=O)[O-])cc4)c4ccccc43)[C@@H](C(=O)Nc3ccc(N4CCOCC4)cc3)[C@H]12. The second kappa shape index (κ2) is 19.0. The molecule has 0 unspecified atom stereocenters. The number of carbonyl (C=O) groups excluding carboxylic acids is 4. The Morgan fingerprint density at radius 2 is 1.42 bits per heavy atom. The number of non-ortho nitro benzene ring substituents is 1.